The highest BCUT2D eigenvalue weighted by Crippen LogP contribution is 2.21. The number of rotatable bonds is 5. The Morgan fingerprint density at radius 3 is 2.63 bits per heavy atom. The molecule has 0 unspecified atom stereocenters. The van der Waals surface area contributed by atoms with Gasteiger partial charge in [0.2, 0.25) is 11.8 Å². The monoisotopic (exact) mass is 261 g/mol. The predicted molar refractivity (Wildman–Crippen MR) is 73.8 cm³/mol. The summed E-state index contributed by atoms with van der Waals surface area (Å²) in [7, 11) is 1.74. The molecule has 0 aromatic heterocycles. The third-order valence-corrected chi connectivity index (χ3v) is 3.15. The van der Waals surface area contributed by atoms with E-state index in [1.807, 2.05) is 29.2 Å². The van der Waals surface area contributed by atoms with E-state index < -0.39 is 0 Å². The van der Waals surface area contributed by atoms with Crippen molar-refractivity contribution < 1.29 is 9.59 Å². The van der Waals surface area contributed by atoms with Crippen molar-refractivity contribution in [3.8, 4) is 0 Å². The molecular weight excluding hydrogens is 242 g/mol. The minimum Gasteiger partial charge on any atom is -0.351 e. The van der Waals surface area contributed by atoms with Gasteiger partial charge in [-0.3, -0.25) is 9.59 Å². The molecule has 1 aromatic rings. The summed E-state index contributed by atoms with van der Waals surface area (Å²) in [5.74, 6) is 0.163. The Morgan fingerprint density at radius 2 is 2.05 bits per heavy atom. The number of amides is 2. The van der Waals surface area contributed by atoms with E-state index in [2.05, 4.69) is 10.6 Å². The maximum atomic E-state index is 11.6. The van der Waals surface area contributed by atoms with E-state index >= 15 is 0 Å². The van der Waals surface area contributed by atoms with Crippen molar-refractivity contribution >= 4 is 17.5 Å². The van der Waals surface area contributed by atoms with Gasteiger partial charge in [-0.15, -0.1) is 0 Å². The van der Waals surface area contributed by atoms with E-state index in [1.165, 1.54) is 0 Å². The highest BCUT2D eigenvalue weighted by atomic mass is 16.2. The molecule has 0 saturated carbocycles. The van der Waals surface area contributed by atoms with Gasteiger partial charge in [-0.1, -0.05) is 12.1 Å². The van der Waals surface area contributed by atoms with Crippen molar-refractivity contribution in [1.29, 1.82) is 0 Å². The molecule has 5 nitrogen and oxygen atoms in total. The molecule has 1 aliphatic rings. The molecule has 0 radical (unpaired) electrons. The van der Waals surface area contributed by atoms with Crippen LogP contribution in [0.4, 0.5) is 5.69 Å². The van der Waals surface area contributed by atoms with Gasteiger partial charge < -0.3 is 15.5 Å². The first kappa shape index (κ1) is 13.5. The van der Waals surface area contributed by atoms with Gasteiger partial charge in [0.1, 0.15) is 0 Å². The molecule has 102 valence electrons. The van der Waals surface area contributed by atoms with Crippen molar-refractivity contribution in [2.24, 2.45) is 0 Å². The summed E-state index contributed by atoms with van der Waals surface area (Å²) in [4.78, 5) is 24.7. The van der Waals surface area contributed by atoms with Gasteiger partial charge in [0.15, 0.2) is 0 Å². The molecule has 19 heavy (non-hydrogen) atoms. The van der Waals surface area contributed by atoms with Gasteiger partial charge in [0, 0.05) is 25.2 Å². The van der Waals surface area contributed by atoms with Crippen LogP contribution >= 0.6 is 0 Å². The van der Waals surface area contributed by atoms with Gasteiger partial charge in [0.25, 0.3) is 0 Å². The first-order chi connectivity index (χ1) is 9.20. The normalized spacial score (nSPS) is 14.8. The molecule has 0 aliphatic carbocycles. The lowest BCUT2D eigenvalue weighted by atomic mass is 10.2. The second kappa shape index (κ2) is 6.33. The van der Waals surface area contributed by atoms with Crippen LogP contribution in [0.25, 0.3) is 0 Å². The van der Waals surface area contributed by atoms with Gasteiger partial charge in [-0.25, -0.2) is 0 Å². The predicted octanol–water partition coefficient (Wildman–Crippen LogP) is 0.649. The number of nitrogens with zero attached hydrogens (tertiary/aromatic N) is 1. The van der Waals surface area contributed by atoms with Crippen molar-refractivity contribution in [1.82, 2.24) is 10.6 Å². The smallest absolute Gasteiger partial charge is 0.234 e. The molecule has 2 amide bonds. The molecule has 0 spiro atoms. The van der Waals surface area contributed by atoms with E-state index in [0.717, 1.165) is 24.2 Å². The van der Waals surface area contributed by atoms with Crippen molar-refractivity contribution in [3.05, 3.63) is 29.8 Å². The lowest BCUT2D eigenvalue weighted by Gasteiger charge is -2.16. The molecule has 1 saturated heterocycles. The van der Waals surface area contributed by atoms with E-state index in [0.29, 0.717) is 19.5 Å². The number of benzene rings is 1. The highest BCUT2D eigenvalue weighted by molar-refractivity contribution is 5.95. The third-order valence-electron chi connectivity index (χ3n) is 3.15. The molecule has 2 N–H and O–H groups in total. The number of carbonyl (C=O) groups is 2. The van der Waals surface area contributed by atoms with Crippen LogP contribution in [0.3, 0.4) is 0 Å². The first-order valence-corrected chi connectivity index (χ1v) is 6.51. The Balaban J connectivity index is 1.91. The standard InChI is InChI=1S/C14H19N3O2/c1-15-10-13(18)16-9-11-4-6-12(7-5-11)17-8-2-3-14(17)19/h4-7,15H,2-3,8-10H2,1H3,(H,16,18). The van der Waals surface area contributed by atoms with Crippen molar-refractivity contribution in [2.75, 3.05) is 25.0 Å². The third kappa shape index (κ3) is 3.54. The second-order valence-electron chi connectivity index (χ2n) is 4.62. The lowest BCUT2D eigenvalue weighted by molar-refractivity contribution is -0.120. The Morgan fingerprint density at radius 1 is 1.32 bits per heavy atom. The summed E-state index contributed by atoms with van der Waals surface area (Å²) in [6.07, 6.45) is 1.57. The fourth-order valence-corrected chi connectivity index (χ4v) is 2.14. The molecule has 1 heterocycles. The van der Waals surface area contributed by atoms with Crippen LogP contribution in [0, 0.1) is 0 Å². The maximum Gasteiger partial charge on any atom is 0.234 e. The number of nitrogens with one attached hydrogen (secondary N) is 2. The van der Waals surface area contributed by atoms with Crippen LogP contribution in [-0.2, 0) is 16.1 Å². The summed E-state index contributed by atoms with van der Waals surface area (Å²) >= 11 is 0. The molecule has 0 atom stereocenters. The summed E-state index contributed by atoms with van der Waals surface area (Å²) in [5, 5.41) is 5.61. The Kier molecular flexibility index (Phi) is 4.52. The van der Waals surface area contributed by atoms with E-state index in [4.69, 9.17) is 0 Å². The highest BCUT2D eigenvalue weighted by Gasteiger charge is 2.21. The average molecular weight is 261 g/mol. The van der Waals surface area contributed by atoms with Crippen molar-refractivity contribution in [3.63, 3.8) is 0 Å². The van der Waals surface area contributed by atoms with Crippen LogP contribution in [0.2, 0.25) is 0 Å². The van der Waals surface area contributed by atoms with Gasteiger partial charge in [-0.05, 0) is 31.2 Å². The van der Waals surface area contributed by atoms with E-state index in [-0.39, 0.29) is 11.8 Å². The number of hydrogen-bond donors (Lipinski definition) is 2. The van der Waals surface area contributed by atoms with Gasteiger partial charge in [-0.2, -0.15) is 0 Å². The molecule has 0 bridgehead atoms. The first-order valence-electron chi connectivity index (χ1n) is 6.51. The number of likely N-dealkylation sites (N-methyl/N-ethyl adjacent to an activating group) is 1. The SMILES string of the molecule is CNCC(=O)NCc1ccc(N2CCCC2=O)cc1. The summed E-state index contributed by atoms with van der Waals surface area (Å²) in [6, 6.07) is 7.76. The van der Waals surface area contributed by atoms with Crippen LogP contribution in [0.1, 0.15) is 18.4 Å². The molecule has 1 aliphatic heterocycles. The topological polar surface area (TPSA) is 61.4 Å². The molecular formula is C14H19N3O2. The number of hydrogen-bond acceptors (Lipinski definition) is 3. The molecule has 2 rings (SSSR count). The van der Waals surface area contributed by atoms with Crippen LogP contribution in [0.5, 0.6) is 0 Å². The fourth-order valence-electron chi connectivity index (χ4n) is 2.14. The zero-order chi connectivity index (χ0) is 13.7. The van der Waals surface area contributed by atoms with Gasteiger partial charge >= 0.3 is 0 Å². The molecule has 1 fully saturated rings. The Bertz CT molecular complexity index is 456. The Hall–Kier alpha value is -1.88. The minimum atomic E-state index is -0.0266. The summed E-state index contributed by atoms with van der Waals surface area (Å²) in [5.41, 5.74) is 1.97. The molecule has 5 heteroatoms. The average Bonchev–Trinajstić information content (AvgIpc) is 2.84. The van der Waals surface area contributed by atoms with E-state index in [9.17, 15) is 9.59 Å². The van der Waals surface area contributed by atoms with Crippen LogP contribution < -0.4 is 15.5 Å². The largest absolute Gasteiger partial charge is 0.351 e. The quantitative estimate of drug-likeness (QED) is 0.818. The molecule has 1 aromatic carbocycles. The summed E-state index contributed by atoms with van der Waals surface area (Å²) in [6.45, 7) is 1.63. The second-order valence-corrected chi connectivity index (χ2v) is 4.62. The maximum absolute atomic E-state index is 11.6. The number of carbonyl (C=O) groups excluding carboxylic acids is 2. The van der Waals surface area contributed by atoms with E-state index in [1.54, 1.807) is 7.05 Å². The number of anilines is 1. The lowest BCUT2D eigenvalue weighted by Crippen LogP contribution is -2.31. The van der Waals surface area contributed by atoms with Gasteiger partial charge in [0.05, 0.1) is 6.54 Å². The van der Waals surface area contributed by atoms with Crippen LogP contribution in [-0.4, -0.2) is 32.0 Å². The zero-order valence-corrected chi connectivity index (χ0v) is 11.1. The fraction of sp³-hybridized carbons (Fsp3) is 0.429. The van der Waals surface area contributed by atoms with Crippen molar-refractivity contribution in [2.45, 2.75) is 19.4 Å². The summed E-state index contributed by atoms with van der Waals surface area (Å²) < 4.78 is 0. The van der Waals surface area contributed by atoms with Crippen LogP contribution in [0.15, 0.2) is 24.3 Å². The zero-order valence-electron chi connectivity index (χ0n) is 11.1. The Labute approximate surface area is 113 Å². The minimum absolute atomic E-state index is 0.0266.